The van der Waals surface area contributed by atoms with E-state index in [0.717, 1.165) is 14.9 Å². The summed E-state index contributed by atoms with van der Waals surface area (Å²) in [5, 5.41) is 12.1. The number of carbonyl (C=O) groups excluding carboxylic acids is 1. The van der Waals surface area contributed by atoms with Crippen LogP contribution in [-0.2, 0) is 13.1 Å². The van der Waals surface area contributed by atoms with Crippen molar-refractivity contribution in [2.24, 2.45) is 0 Å². The molecule has 0 saturated heterocycles. The lowest BCUT2D eigenvalue weighted by Crippen LogP contribution is -2.20. The van der Waals surface area contributed by atoms with Crippen molar-refractivity contribution in [2.45, 2.75) is 52.9 Å². The summed E-state index contributed by atoms with van der Waals surface area (Å²) in [4.78, 5) is 13.8. The molecule has 0 fully saturated rings. The summed E-state index contributed by atoms with van der Waals surface area (Å²) < 4.78 is 39.3. The van der Waals surface area contributed by atoms with Crippen LogP contribution in [0.15, 0.2) is 30.3 Å². The third-order valence-corrected chi connectivity index (χ3v) is 4.78. The van der Waals surface area contributed by atoms with E-state index in [1.807, 2.05) is 24.3 Å². The van der Waals surface area contributed by atoms with Crippen LogP contribution < -0.4 is 0 Å². The average molecular weight is 405 g/mol. The Bertz CT molecular complexity index is 1020. The van der Waals surface area contributed by atoms with Crippen molar-refractivity contribution in [2.75, 3.05) is 0 Å². The van der Waals surface area contributed by atoms with Gasteiger partial charge in [-0.2, -0.15) is 18.0 Å². The minimum absolute atomic E-state index is 0.201. The van der Waals surface area contributed by atoms with Crippen LogP contribution in [0.3, 0.4) is 0 Å². The molecule has 2 aromatic heterocycles. The van der Waals surface area contributed by atoms with Crippen LogP contribution >= 0.6 is 0 Å². The summed E-state index contributed by atoms with van der Waals surface area (Å²) >= 11 is 0. The minimum atomic E-state index is -4.36. The smallest absolute Gasteiger partial charge is 0.339 e. The molecule has 29 heavy (non-hydrogen) atoms. The molecule has 0 aliphatic carbocycles. The Morgan fingerprint density at radius 3 is 2.38 bits per heavy atom. The Balaban J connectivity index is 1.76. The van der Waals surface area contributed by atoms with Crippen molar-refractivity contribution >= 4 is 5.78 Å². The molecular formula is C20H22F3N5O. The highest BCUT2D eigenvalue weighted by molar-refractivity contribution is 5.97. The molecule has 154 valence electrons. The van der Waals surface area contributed by atoms with Crippen molar-refractivity contribution in [3.63, 3.8) is 0 Å². The maximum atomic E-state index is 12.8. The van der Waals surface area contributed by atoms with E-state index < -0.39 is 12.7 Å². The molecule has 0 spiro atoms. The normalized spacial score (nSPS) is 12.0. The number of benzene rings is 1. The highest BCUT2D eigenvalue weighted by Crippen LogP contribution is 2.24. The molecule has 0 unspecified atom stereocenters. The molecule has 0 radical (unpaired) electrons. The summed E-state index contributed by atoms with van der Waals surface area (Å²) in [5.74, 6) is 0.419. The number of hydrogen-bond donors (Lipinski definition) is 0. The van der Waals surface area contributed by atoms with Gasteiger partial charge in [0.05, 0.1) is 0 Å². The highest BCUT2D eigenvalue weighted by Gasteiger charge is 2.30. The second-order valence-electron chi connectivity index (χ2n) is 7.33. The molecule has 0 aliphatic heterocycles. The first kappa shape index (κ1) is 20.8. The molecule has 0 amide bonds. The second kappa shape index (κ2) is 7.81. The first-order valence-electron chi connectivity index (χ1n) is 9.20. The lowest BCUT2D eigenvalue weighted by atomic mass is 10.0. The van der Waals surface area contributed by atoms with Crippen LogP contribution in [0.4, 0.5) is 13.2 Å². The molecule has 9 heteroatoms. The lowest BCUT2D eigenvalue weighted by molar-refractivity contribution is -0.141. The van der Waals surface area contributed by atoms with Gasteiger partial charge in [-0.3, -0.25) is 4.79 Å². The third-order valence-electron chi connectivity index (χ3n) is 4.78. The number of rotatable bonds is 6. The number of aryl methyl sites for hydroxylation is 1. The van der Waals surface area contributed by atoms with Crippen LogP contribution in [0.5, 0.6) is 0 Å². The largest absolute Gasteiger partial charge is 0.406 e. The topological polar surface area (TPSA) is 65.6 Å². The van der Waals surface area contributed by atoms with Gasteiger partial charge in [-0.1, -0.05) is 38.1 Å². The molecule has 1 aromatic carbocycles. The first-order valence-corrected chi connectivity index (χ1v) is 9.20. The lowest BCUT2D eigenvalue weighted by Gasteiger charge is -2.12. The number of carbonyl (C=O) groups is 1. The van der Waals surface area contributed by atoms with Gasteiger partial charge in [-0.05, 0) is 36.6 Å². The Hall–Kier alpha value is -2.97. The molecule has 3 rings (SSSR count). The number of aromatic nitrogens is 5. The van der Waals surface area contributed by atoms with Crippen LogP contribution in [-0.4, -0.2) is 36.7 Å². The van der Waals surface area contributed by atoms with Crippen molar-refractivity contribution in [3.8, 4) is 11.4 Å². The molecule has 0 N–H and O–H groups in total. The molecule has 0 aliphatic rings. The second-order valence-corrected chi connectivity index (χ2v) is 7.33. The van der Waals surface area contributed by atoms with Crippen LogP contribution in [0.25, 0.3) is 11.4 Å². The van der Waals surface area contributed by atoms with Crippen molar-refractivity contribution in [1.82, 2.24) is 24.8 Å². The van der Waals surface area contributed by atoms with Gasteiger partial charge in [0.1, 0.15) is 13.1 Å². The van der Waals surface area contributed by atoms with Gasteiger partial charge in [0.2, 0.25) is 5.82 Å². The minimum Gasteiger partial charge on any atom is -0.339 e. The summed E-state index contributed by atoms with van der Waals surface area (Å²) in [6.07, 6.45) is -4.36. The summed E-state index contributed by atoms with van der Waals surface area (Å²) in [6, 6.07) is 9.22. The molecule has 3 aromatic rings. The quantitative estimate of drug-likeness (QED) is 0.573. The Labute approximate surface area is 166 Å². The Morgan fingerprint density at radius 1 is 1.14 bits per heavy atom. The number of alkyl halides is 3. The maximum Gasteiger partial charge on any atom is 0.406 e. The fraction of sp³-hybridized carbons (Fsp3) is 0.400. The van der Waals surface area contributed by atoms with Crippen molar-refractivity contribution in [1.29, 1.82) is 0 Å². The van der Waals surface area contributed by atoms with Crippen LogP contribution in [0.1, 0.15) is 47.1 Å². The van der Waals surface area contributed by atoms with E-state index in [1.165, 1.54) is 18.6 Å². The first-order chi connectivity index (χ1) is 13.5. The number of nitrogens with zero attached hydrogens (tertiary/aromatic N) is 5. The highest BCUT2D eigenvalue weighted by atomic mass is 19.4. The summed E-state index contributed by atoms with van der Waals surface area (Å²) in [6.45, 7) is 5.91. The van der Waals surface area contributed by atoms with Gasteiger partial charge in [-0.25, -0.2) is 0 Å². The maximum absolute atomic E-state index is 12.8. The molecule has 0 bridgehead atoms. The molecule has 0 saturated carbocycles. The van der Waals surface area contributed by atoms with Gasteiger partial charge in [0, 0.05) is 22.5 Å². The zero-order valence-electron chi connectivity index (χ0n) is 16.7. The van der Waals surface area contributed by atoms with E-state index >= 15 is 0 Å². The molecule has 6 nitrogen and oxygen atoms in total. The fourth-order valence-corrected chi connectivity index (χ4v) is 3.16. The fourth-order valence-electron chi connectivity index (χ4n) is 3.16. The SMILES string of the molecule is Cc1cc(C(=O)Cn2nnc(-c3ccc(C(C)C)cc3)n2)c(C)n1CC(F)(F)F. The number of tetrazole rings is 1. The predicted molar refractivity (Wildman–Crippen MR) is 102 cm³/mol. The molecule has 2 heterocycles. The van der Waals surface area contributed by atoms with Crippen molar-refractivity contribution in [3.05, 3.63) is 52.8 Å². The molecular weight excluding hydrogens is 383 g/mol. The van der Waals surface area contributed by atoms with E-state index in [2.05, 4.69) is 29.3 Å². The zero-order chi connectivity index (χ0) is 21.3. The van der Waals surface area contributed by atoms with E-state index in [1.54, 1.807) is 6.92 Å². The predicted octanol–water partition coefficient (Wildman–Crippen LogP) is 4.33. The summed E-state index contributed by atoms with van der Waals surface area (Å²) in [5.41, 5.74) is 2.84. The standard InChI is InChI=1S/C20H22F3N5O/c1-12(2)15-5-7-16(8-6-15)19-24-26-28(25-19)10-18(29)17-9-13(3)27(14(17)4)11-20(21,22)23/h5-9,12H,10-11H2,1-4H3. The number of hydrogen-bond acceptors (Lipinski definition) is 4. The van der Waals surface area contributed by atoms with Gasteiger partial charge in [0.25, 0.3) is 0 Å². The number of halogens is 3. The average Bonchev–Trinajstić information content (AvgIpc) is 3.20. The van der Waals surface area contributed by atoms with Gasteiger partial charge < -0.3 is 4.57 Å². The summed E-state index contributed by atoms with van der Waals surface area (Å²) in [7, 11) is 0. The Kier molecular flexibility index (Phi) is 5.59. The van der Waals surface area contributed by atoms with Gasteiger partial charge >= 0.3 is 6.18 Å². The van der Waals surface area contributed by atoms with E-state index in [0.29, 0.717) is 17.4 Å². The number of Topliss-reactive ketones (excluding diaryl/α,β-unsaturated/α-hetero) is 1. The van der Waals surface area contributed by atoms with Crippen molar-refractivity contribution < 1.29 is 18.0 Å². The van der Waals surface area contributed by atoms with Crippen LogP contribution in [0, 0.1) is 13.8 Å². The molecule has 0 atom stereocenters. The van der Waals surface area contributed by atoms with E-state index in [9.17, 15) is 18.0 Å². The Morgan fingerprint density at radius 2 is 1.79 bits per heavy atom. The van der Waals surface area contributed by atoms with Gasteiger partial charge in [0.15, 0.2) is 5.78 Å². The third kappa shape index (κ3) is 4.72. The zero-order valence-corrected chi connectivity index (χ0v) is 16.7. The van der Waals surface area contributed by atoms with Gasteiger partial charge in [-0.15, -0.1) is 10.2 Å². The monoisotopic (exact) mass is 405 g/mol. The van der Waals surface area contributed by atoms with E-state index in [-0.39, 0.29) is 23.6 Å². The van der Waals surface area contributed by atoms with E-state index in [4.69, 9.17) is 0 Å². The number of ketones is 1. The van der Waals surface area contributed by atoms with Crippen LogP contribution in [0.2, 0.25) is 0 Å².